The summed E-state index contributed by atoms with van der Waals surface area (Å²) in [5.41, 5.74) is 8.30. The topological polar surface area (TPSA) is 67.2 Å². The predicted molar refractivity (Wildman–Crippen MR) is 71.7 cm³/mol. The van der Waals surface area contributed by atoms with Crippen LogP contribution in [0.1, 0.15) is 12.8 Å². The number of imidazole rings is 1. The van der Waals surface area contributed by atoms with Gasteiger partial charge in [0.15, 0.2) is 0 Å². The SMILES string of the molecule is CN1CCC(Oc2nc3ccc(N)cc3[nH]2)CC1. The number of rotatable bonds is 2. The number of aromatic nitrogens is 2. The number of nitrogens with two attached hydrogens (primary N) is 1. The number of hydrogen-bond acceptors (Lipinski definition) is 4. The summed E-state index contributed by atoms with van der Waals surface area (Å²) in [6.45, 7) is 2.16. The molecule has 3 rings (SSSR count). The summed E-state index contributed by atoms with van der Waals surface area (Å²) >= 11 is 0. The van der Waals surface area contributed by atoms with Gasteiger partial charge >= 0.3 is 0 Å². The predicted octanol–water partition coefficient (Wildman–Crippen LogP) is 1.62. The zero-order valence-corrected chi connectivity index (χ0v) is 10.5. The molecule has 0 saturated carbocycles. The quantitative estimate of drug-likeness (QED) is 0.790. The number of nitrogens with zero attached hydrogens (tertiary/aromatic N) is 2. The van der Waals surface area contributed by atoms with Gasteiger partial charge in [-0.1, -0.05) is 0 Å². The third-order valence-electron chi connectivity index (χ3n) is 3.43. The highest BCUT2D eigenvalue weighted by atomic mass is 16.5. The second-order valence-corrected chi connectivity index (χ2v) is 4.94. The fourth-order valence-electron chi connectivity index (χ4n) is 2.32. The molecule has 1 fully saturated rings. The van der Waals surface area contributed by atoms with Gasteiger partial charge in [-0.25, -0.2) is 0 Å². The molecule has 1 aromatic heterocycles. The minimum absolute atomic E-state index is 0.263. The van der Waals surface area contributed by atoms with Crippen LogP contribution >= 0.6 is 0 Å². The molecular formula is C13H18N4O. The number of hydrogen-bond donors (Lipinski definition) is 2. The lowest BCUT2D eigenvalue weighted by Gasteiger charge is -2.28. The number of ether oxygens (including phenoxy) is 1. The van der Waals surface area contributed by atoms with Crippen LogP contribution in [-0.4, -0.2) is 41.1 Å². The zero-order valence-electron chi connectivity index (χ0n) is 10.5. The Bertz CT molecular complexity index is 543. The Balaban J connectivity index is 1.74. The molecule has 0 unspecified atom stereocenters. The number of anilines is 1. The molecule has 5 nitrogen and oxygen atoms in total. The van der Waals surface area contributed by atoms with E-state index in [9.17, 15) is 0 Å². The summed E-state index contributed by atoms with van der Waals surface area (Å²) < 4.78 is 5.89. The largest absolute Gasteiger partial charge is 0.461 e. The molecule has 1 aliphatic heterocycles. The van der Waals surface area contributed by atoms with Gasteiger partial charge in [0.1, 0.15) is 6.10 Å². The van der Waals surface area contributed by atoms with Gasteiger partial charge in [0.2, 0.25) is 0 Å². The molecule has 5 heteroatoms. The van der Waals surface area contributed by atoms with Crippen LogP contribution in [0.3, 0.4) is 0 Å². The molecular weight excluding hydrogens is 228 g/mol. The molecule has 0 atom stereocenters. The van der Waals surface area contributed by atoms with E-state index >= 15 is 0 Å². The maximum atomic E-state index is 5.89. The highest BCUT2D eigenvalue weighted by molar-refractivity contribution is 5.79. The van der Waals surface area contributed by atoms with Crippen molar-refractivity contribution in [2.75, 3.05) is 25.9 Å². The molecule has 1 aromatic carbocycles. The standard InChI is InChI=1S/C13H18N4O/c1-17-6-4-10(5-7-17)18-13-15-11-3-2-9(14)8-12(11)16-13/h2-3,8,10H,4-7,14H2,1H3,(H,15,16). The first kappa shape index (κ1) is 11.3. The third kappa shape index (κ3) is 2.26. The number of fused-ring (bicyclic) bond motifs is 1. The van der Waals surface area contributed by atoms with Crippen LogP contribution in [0.15, 0.2) is 18.2 Å². The Labute approximate surface area is 106 Å². The molecule has 0 bridgehead atoms. The van der Waals surface area contributed by atoms with Crippen LogP contribution in [0.25, 0.3) is 11.0 Å². The Morgan fingerprint density at radius 3 is 2.94 bits per heavy atom. The third-order valence-corrected chi connectivity index (χ3v) is 3.43. The number of likely N-dealkylation sites (tertiary alicyclic amines) is 1. The van der Waals surface area contributed by atoms with Crippen molar-refractivity contribution in [3.05, 3.63) is 18.2 Å². The molecule has 2 heterocycles. The first-order valence-electron chi connectivity index (χ1n) is 6.31. The number of piperidine rings is 1. The highest BCUT2D eigenvalue weighted by Crippen LogP contribution is 2.21. The van der Waals surface area contributed by atoms with Crippen LogP contribution in [-0.2, 0) is 0 Å². The van der Waals surface area contributed by atoms with E-state index in [0.29, 0.717) is 6.01 Å². The minimum atomic E-state index is 0.263. The van der Waals surface area contributed by atoms with E-state index in [1.165, 1.54) is 0 Å². The Morgan fingerprint density at radius 2 is 2.17 bits per heavy atom. The number of H-pyrrole nitrogens is 1. The molecule has 1 aliphatic rings. The fourth-order valence-corrected chi connectivity index (χ4v) is 2.32. The molecule has 1 saturated heterocycles. The van der Waals surface area contributed by atoms with E-state index in [2.05, 4.69) is 21.9 Å². The lowest BCUT2D eigenvalue weighted by Crippen LogP contribution is -2.35. The van der Waals surface area contributed by atoms with Crippen LogP contribution in [0.5, 0.6) is 6.01 Å². The van der Waals surface area contributed by atoms with E-state index in [-0.39, 0.29) is 6.10 Å². The summed E-state index contributed by atoms with van der Waals surface area (Å²) in [4.78, 5) is 9.91. The van der Waals surface area contributed by atoms with Gasteiger partial charge in [-0.15, -0.1) is 0 Å². The van der Waals surface area contributed by atoms with E-state index in [4.69, 9.17) is 10.5 Å². The van der Waals surface area contributed by atoms with Gasteiger partial charge in [-0.2, -0.15) is 4.98 Å². The molecule has 18 heavy (non-hydrogen) atoms. The van der Waals surface area contributed by atoms with Crippen molar-refractivity contribution in [1.82, 2.24) is 14.9 Å². The molecule has 96 valence electrons. The summed E-state index contributed by atoms with van der Waals surface area (Å²) in [7, 11) is 2.14. The van der Waals surface area contributed by atoms with E-state index < -0.39 is 0 Å². The maximum Gasteiger partial charge on any atom is 0.294 e. The molecule has 0 spiro atoms. The highest BCUT2D eigenvalue weighted by Gasteiger charge is 2.19. The van der Waals surface area contributed by atoms with Gasteiger partial charge < -0.3 is 20.4 Å². The van der Waals surface area contributed by atoms with Crippen molar-refractivity contribution in [2.45, 2.75) is 18.9 Å². The first-order chi connectivity index (χ1) is 8.70. The Morgan fingerprint density at radius 1 is 1.39 bits per heavy atom. The van der Waals surface area contributed by atoms with Gasteiger partial charge in [0.05, 0.1) is 11.0 Å². The average Bonchev–Trinajstić information content (AvgIpc) is 2.73. The second-order valence-electron chi connectivity index (χ2n) is 4.94. The number of nitrogens with one attached hydrogen (secondary N) is 1. The van der Waals surface area contributed by atoms with Crippen molar-refractivity contribution >= 4 is 16.7 Å². The van der Waals surface area contributed by atoms with Gasteiger partial charge in [0, 0.05) is 18.8 Å². The lowest BCUT2D eigenvalue weighted by molar-refractivity contribution is 0.106. The minimum Gasteiger partial charge on any atom is -0.461 e. The van der Waals surface area contributed by atoms with Gasteiger partial charge in [-0.05, 0) is 38.1 Å². The second kappa shape index (κ2) is 4.49. The van der Waals surface area contributed by atoms with Crippen molar-refractivity contribution in [3.63, 3.8) is 0 Å². The zero-order chi connectivity index (χ0) is 12.5. The van der Waals surface area contributed by atoms with Crippen molar-refractivity contribution in [2.24, 2.45) is 0 Å². The molecule has 3 N–H and O–H groups in total. The summed E-state index contributed by atoms with van der Waals surface area (Å²) in [6, 6.07) is 6.24. The fraction of sp³-hybridized carbons (Fsp3) is 0.462. The lowest BCUT2D eigenvalue weighted by atomic mass is 10.1. The summed E-state index contributed by atoms with van der Waals surface area (Å²) in [5, 5.41) is 0. The van der Waals surface area contributed by atoms with E-state index in [1.807, 2.05) is 18.2 Å². The monoisotopic (exact) mass is 246 g/mol. The molecule has 0 radical (unpaired) electrons. The van der Waals surface area contributed by atoms with Crippen LogP contribution in [0.4, 0.5) is 5.69 Å². The number of nitrogen functional groups attached to an aromatic ring is 1. The van der Waals surface area contributed by atoms with Crippen molar-refractivity contribution in [1.29, 1.82) is 0 Å². The van der Waals surface area contributed by atoms with Crippen molar-refractivity contribution < 1.29 is 4.74 Å². The maximum absolute atomic E-state index is 5.89. The summed E-state index contributed by atoms with van der Waals surface area (Å²) in [5.74, 6) is 0. The van der Waals surface area contributed by atoms with Crippen LogP contribution in [0.2, 0.25) is 0 Å². The Hall–Kier alpha value is -1.75. The van der Waals surface area contributed by atoms with E-state index in [0.717, 1.165) is 42.7 Å². The Kier molecular flexibility index (Phi) is 2.83. The average molecular weight is 246 g/mol. The van der Waals surface area contributed by atoms with Gasteiger partial charge in [0.25, 0.3) is 6.01 Å². The van der Waals surface area contributed by atoms with E-state index in [1.54, 1.807) is 0 Å². The van der Waals surface area contributed by atoms with Crippen LogP contribution in [0, 0.1) is 0 Å². The first-order valence-corrected chi connectivity index (χ1v) is 6.31. The van der Waals surface area contributed by atoms with Gasteiger partial charge in [-0.3, -0.25) is 0 Å². The molecule has 0 amide bonds. The van der Waals surface area contributed by atoms with Crippen LogP contribution < -0.4 is 10.5 Å². The summed E-state index contributed by atoms with van der Waals surface area (Å²) in [6.07, 6.45) is 2.37. The van der Waals surface area contributed by atoms with Crippen molar-refractivity contribution in [3.8, 4) is 6.01 Å². The number of benzene rings is 1. The normalized spacial score (nSPS) is 18.3. The number of aromatic amines is 1. The molecule has 0 aliphatic carbocycles. The smallest absolute Gasteiger partial charge is 0.294 e. The molecule has 2 aromatic rings.